The number of hydrogen-bond donors (Lipinski definition) is 1. The van der Waals surface area contributed by atoms with E-state index in [9.17, 15) is 0 Å². The van der Waals surface area contributed by atoms with Gasteiger partial charge in [-0.1, -0.05) is 103 Å². The van der Waals surface area contributed by atoms with E-state index in [0.29, 0.717) is 0 Å². The van der Waals surface area contributed by atoms with Gasteiger partial charge in [-0.2, -0.15) is 0 Å². The molecule has 6 aromatic rings. The topological polar surface area (TPSA) is 12.0 Å². The SMILES string of the molecule is CC(C)(C)c1ccc(Nc2ccc3c(c2)C(C)(C)c2cc4c(cc2-3)C(C)(C)c2ccc3cc5ccccc5cc3c2-4)cc1. The first-order valence-electron chi connectivity index (χ1n) is 15.6. The summed E-state index contributed by atoms with van der Waals surface area (Å²) in [6, 6.07) is 39.1. The lowest BCUT2D eigenvalue weighted by atomic mass is 9.79. The Balaban J connectivity index is 1.25. The van der Waals surface area contributed by atoms with Gasteiger partial charge in [0.2, 0.25) is 0 Å². The zero-order chi connectivity index (χ0) is 29.9. The lowest BCUT2D eigenvalue weighted by molar-refractivity contribution is 0.590. The highest BCUT2D eigenvalue weighted by Crippen LogP contribution is 2.57. The fourth-order valence-electron chi connectivity index (χ4n) is 7.77. The molecule has 2 aliphatic rings. The Kier molecular flexibility index (Phi) is 5.26. The standard InChI is InChI=1S/C42H39N/c1-40(2,3)28-13-15-29(16-14-28)43-30-17-18-31-33-23-38-34(24-37(33)42(6,7)36(31)22-30)39-32-21-26-11-9-8-10-25(26)20-27(32)12-19-35(39)41(38,4)5/h8-24,43H,1-7H3. The predicted octanol–water partition coefficient (Wildman–Crippen LogP) is 11.6. The summed E-state index contributed by atoms with van der Waals surface area (Å²) >= 11 is 0. The molecule has 2 aliphatic carbocycles. The summed E-state index contributed by atoms with van der Waals surface area (Å²) in [5.74, 6) is 0. The van der Waals surface area contributed by atoms with Gasteiger partial charge in [0.1, 0.15) is 0 Å². The van der Waals surface area contributed by atoms with E-state index >= 15 is 0 Å². The Labute approximate surface area is 255 Å². The minimum absolute atomic E-state index is 0.0624. The van der Waals surface area contributed by atoms with Crippen molar-refractivity contribution in [3.05, 3.63) is 131 Å². The first kappa shape index (κ1) is 26.3. The lowest BCUT2D eigenvalue weighted by Crippen LogP contribution is -2.17. The van der Waals surface area contributed by atoms with Gasteiger partial charge < -0.3 is 5.32 Å². The summed E-state index contributed by atoms with van der Waals surface area (Å²) in [6.45, 7) is 16.4. The van der Waals surface area contributed by atoms with E-state index in [1.807, 2.05) is 0 Å². The largest absolute Gasteiger partial charge is 0.356 e. The molecule has 8 rings (SSSR count). The molecule has 0 bridgehead atoms. The van der Waals surface area contributed by atoms with Crippen molar-refractivity contribution in [1.29, 1.82) is 0 Å². The normalized spacial score (nSPS) is 15.7. The molecular weight excluding hydrogens is 518 g/mol. The average Bonchev–Trinajstić information content (AvgIpc) is 3.34. The van der Waals surface area contributed by atoms with Crippen molar-refractivity contribution in [2.45, 2.75) is 64.7 Å². The third-order valence-corrected chi connectivity index (χ3v) is 10.4. The summed E-state index contributed by atoms with van der Waals surface area (Å²) in [5, 5.41) is 8.96. The maximum absolute atomic E-state index is 3.68. The van der Waals surface area contributed by atoms with Crippen LogP contribution in [0, 0.1) is 0 Å². The van der Waals surface area contributed by atoms with Crippen LogP contribution in [0.4, 0.5) is 11.4 Å². The molecule has 0 aliphatic heterocycles. The minimum atomic E-state index is -0.0995. The van der Waals surface area contributed by atoms with E-state index in [1.54, 1.807) is 0 Å². The summed E-state index contributed by atoms with van der Waals surface area (Å²) < 4.78 is 0. The summed E-state index contributed by atoms with van der Waals surface area (Å²) in [4.78, 5) is 0. The molecule has 0 fully saturated rings. The molecule has 0 unspecified atom stereocenters. The molecule has 0 saturated heterocycles. The Hall–Kier alpha value is -4.36. The van der Waals surface area contributed by atoms with Crippen LogP contribution in [0.3, 0.4) is 0 Å². The van der Waals surface area contributed by atoms with Gasteiger partial charge in [0.05, 0.1) is 0 Å². The van der Waals surface area contributed by atoms with Crippen molar-refractivity contribution in [1.82, 2.24) is 0 Å². The number of hydrogen-bond acceptors (Lipinski definition) is 1. The molecule has 1 nitrogen and oxygen atoms in total. The summed E-state index contributed by atoms with van der Waals surface area (Å²) in [7, 11) is 0. The van der Waals surface area contributed by atoms with Crippen LogP contribution in [0.1, 0.15) is 76.3 Å². The molecule has 1 heteroatoms. The molecule has 0 saturated carbocycles. The average molecular weight is 558 g/mol. The van der Waals surface area contributed by atoms with Gasteiger partial charge in [0.15, 0.2) is 0 Å². The van der Waals surface area contributed by atoms with E-state index in [-0.39, 0.29) is 16.2 Å². The number of anilines is 2. The molecule has 0 heterocycles. The number of benzene rings is 6. The first-order chi connectivity index (χ1) is 20.4. The van der Waals surface area contributed by atoms with Gasteiger partial charge in [-0.05, 0) is 126 Å². The maximum Gasteiger partial charge on any atom is 0.0387 e. The molecule has 0 amide bonds. The summed E-state index contributed by atoms with van der Waals surface area (Å²) in [6.07, 6.45) is 0. The molecule has 0 atom stereocenters. The number of nitrogens with one attached hydrogen (secondary N) is 1. The molecule has 212 valence electrons. The van der Waals surface area contributed by atoms with Gasteiger partial charge in [0.25, 0.3) is 0 Å². The van der Waals surface area contributed by atoms with Crippen LogP contribution < -0.4 is 5.32 Å². The van der Waals surface area contributed by atoms with Gasteiger partial charge >= 0.3 is 0 Å². The predicted molar refractivity (Wildman–Crippen MR) is 185 cm³/mol. The van der Waals surface area contributed by atoms with E-state index in [1.165, 1.54) is 71.6 Å². The zero-order valence-electron chi connectivity index (χ0n) is 26.3. The van der Waals surface area contributed by atoms with Crippen molar-refractivity contribution in [3.63, 3.8) is 0 Å². The van der Waals surface area contributed by atoms with Crippen molar-refractivity contribution in [3.8, 4) is 22.3 Å². The highest BCUT2D eigenvalue weighted by Gasteiger charge is 2.42. The van der Waals surface area contributed by atoms with Crippen molar-refractivity contribution >= 4 is 32.9 Å². The van der Waals surface area contributed by atoms with Crippen LogP contribution in [0.25, 0.3) is 43.8 Å². The lowest BCUT2D eigenvalue weighted by Gasteiger charge is -2.24. The van der Waals surface area contributed by atoms with Crippen LogP contribution in [-0.4, -0.2) is 0 Å². The molecule has 43 heavy (non-hydrogen) atoms. The van der Waals surface area contributed by atoms with Gasteiger partial charge in [-0.25, -0.2) is 0 Å². The van der Waals surface area contributed by atoms with Crippen LogP contribution in [0.5, 0.6) is 0 Å². The van der Waals surface area contributed by atoms with Gasteiger partial charge in [-0.15, -0.1) is 0 Å². The van der Waals surface area contributed by atoms with Crippen molar-refractivity contribution in [2.75, 3.05) is 5.32 Å². The van der Waals surface area contributed by atoms with Crippen LogP contribution >= 0.6 is 0 Å². The maximum atomic E-state index is 3.68. The molecule has 0 spiro atoms. The Morgan fingerprint density at radius 3 is 1.81 bits per heavy atom. The number of rotatable bonds is 2. The highest BCUT2D eigenvalue weighted by atomic mass is 14.9. The fraction of sp³-hybridized carbons (Fsp3) is 0.238. The Bertz CT molecular complexity index is 2120. The monoisotopic (exact) mass is 557 g/mol. The van der Waals surface area contributed by atoms with Crippen LogP contribution in [0.15, 0.2) is 103 Å². The van der Waals surface area contributed by atoms with Crippen LogP contribution in [0.2, 0.25) is 0 Å². The van der Waals surface area contributed by atoms with E-state index in [4.69, 9.17) is 0 Å². The third kappa shape index (κ3) is 3.77. The molecule has 1 N–H and O–H groups in total. The van der Waals surface area contributed by atoms with Gasteiger partial charge in [0, 0.05) is 22.2 Å². The van der Waals surface area contributed by atoms with E-state index in [0.717, 1.165) is 11.4 Å². The van der Waals surface area contributed by atoms with E-state index in [2.05, 4.69) is 157 Å². The fourth-order valence-corrected chi connectivity index (χ4v) is 7.77. The number of fused-ring (bicyclic) bond motifs is 9. The van der Waals surface area contributed by atoms with Crippen molar-refractivity contribution in [2.24, 2.45) is 0 Å². The minimum Gasteiger partial charge on any atom is -0.356 e. The molecule has 6 aromatic carbocycles. The Morgan fingerprint density at radius 2 is 1.09 bits per heavy atom. The van der Waals surface area contributed by atoms with Gasteiger partial charge in [-0.3, -0.25) is 0 Å². The quantitative estimate of drug-likeness (QED) is 0.209. The second-order valence-corrected chi connectivity index (χ2v) is 14.8. The smallest absolute Gasteiger partial charge is 0.0387 e. The second kappa shape index (κ2) is 8.60. The highest BCUT2D eigenvalue weighted by molar-refractivity contribution is 6.08. The summed E-state index contributed by atoms with van der Waals surface area (Å²) in [5.41, 5.74) is 14.8. The van der Waals surface area contributed by atoms with E-state index < -0.39 is 0 Å². The molecule has 0 radical (unpaired) electrons. The molecule has 0 aromatic heterocycles. The second-order valence-electron chi connectivity index (χ2n) is 14.8. The Morgan fingerprint density at radius 1 is 0.488 bits per heavy atom. The third-order valence-electron chi connectivity index (χ3n) is 10.4. The zero-order valence-corrected chi connectivity index (χ0v) is 26.3. The first-order valence-corrected chi connectivity index (χ1v) is 15.6. The van der Waals surface area contributed by atoms with Crippen LogP contribution in [-0.2, 0) is 16.2 Å². The van der Waals surface area contributed by atoms with Crippen molar-refractivity contribution < 1.29 is 0 Å². The molecular formula is C42H39N.